The van der Waals surface area contributed by atoms with E-state index >= 15 is 0 Å². The molecule has 0 saturated heterocycles. The van der Waals surface area contributed by atoms with Crippen molar-refractivity contribution in [3.63, 3.8) is 0 Å². The summed E-state index contributed by atoms with van der Waals surface area (Å²) < 4.78 is 14.6. The molecule has 1 heterocycles. The predicted molar refractivity (Wildman–Crippen MR) is 95.2 cm³/mol. The fourth-order valence-electron chi connectivity index (χ4n) is 2.63. The van der Waals surface area contributed by atoms with Crippen molar-refractivity contribution in [2.24, 2.45) is 5.41 Å². The van der Waals surface area contributed by atoms with Crippen molar-refractivity contribution >= 4 is 17.5 Å². The lowest BCUT2D eigenvalue weighted by atomic mass is 9.93. The summed E-state index contributed by atoms with van der Waals surface area (Å²) in [5.74, 6) is -0.670. The van der Waals surface area contributed by atoms with E-state index in [-0.39, 0.29) is 17.0 Å². The summed E-state index contributed by atoms with van der Waals surface area (Å²) in [6.45, 7) is 5.86. The van der Waals surface area contributed by atoms with Crippen LogP contribution in [0.2, 0.25) is 5.02 Å². The maximum atomic E-state index is 13.1. The summed E-state index contributed by atoms with van der Waals surface area (Å²) in [7, 11) is 3.99. The molecule has 0 aliphatic rings. The van der Waals surface area contributed by atoms with Crippen molar-refractivity contribution in [1.82, 2.24) is 25.2 Å². The Kier molecular flexibility index (Phi) is 6.13. The number of aromatic nitrogens is 3. The molecular formula is C17H23ClFN5O. The van der Waals surface area contributed by atoms with Gasteiger partial charge in [-0.15, -0.1) is 5.10 Å². The Balaban J connectivity index is 1.97. The molecule has 6 nitrogen and oxygen atoms in total. The molecule has 0 aliphatic carbocycles. The number of nitrogens with zero attached hydrogens (tertiary/aromatic N) is 4. The highest BCUT2D eigenvalue weighted by atomic mass is 35.5. The minimum atomic E-state index is -0.396. The summed E-state index contributed by atoms with van der Waals surface area (Å²) in [6.07, 6.45) is 1.55. The number of carbonyl (C=O) groups excluding carboxylic acids is 1. The molecule has 0 aliphatic heterocycles. The van der Waals surface area contributed by atoms with Crippen molar-refractivity contribution in [2.75, 3.05) is 27.2 Å². The van der Waals surface area contributed by atoms with Gasteiger partial charge in [0.1, 0.15) is 5.82 Å². The van der Waals surface area contributed by atoms with Crippen LogP contribution in [0.4, 0.5) is 4.39 Å². The summed E-state index contributed by atoms with van der Waals surface area (Å²) in [6, 6.07) is 4.16. The summed E-state index contributed by atoms with van der Waals surface area (Å²) in [4.78, 5) is 14.3. The largest absolute Gasteiger partial charge is 0.350 e. The van der Waals surface area contributed by atoms with Crippen LogP contribution in [0.5, 0.6) is 0 Å². The number of halogens is 2. The normalized spacial score (nSPS) is 11.8. The molecular weight excluding hydrogens is 345 g/mol. The van der Waals surface area contributed by atoms with Crippen molar-refractivity contribution in [1.29, 1.82) is 0 Å². The van der Waals surface area contributed by atoms with Crippen LogP contribution in [0.25, 0.3) is 0 Å². The van der Waals surface area contributed by atoms with Crippen LogP contribution >= 0.6 is 11.6 Å². The van der Waals surface area contributed by atoms with Crippen LogP contribution in [-0.2, 0) is 6.54 Å². The van der Waals surface area contributed by atoms with Crippen LogP contribution in [0.15, 0.2) is 24.4 Å². The number of nitrogens with one attached hydrogen (secondary N) is 1. The number of carbonyl (C=O) groups is 1. The lowest BCUT2D eigenvalue weighted by molar-refractivity contribution is 0.0924. The second kappa shape index (κ2) is 7.93. The van der Waals surface area contributed by atoms with Gasteiger partial charge in [0.25, 0.3) is 5.91 Å². The molecule has 1 aromatic heterocycles. The Morgan fingerprint density at radius 1 is 1.40 bits per heavy atom. The molecule has 0 unspecified atom stereocenters. The van der Waals surface area contributed by atoms with Crippen molar-refractivity contribution in [2.45, 2.75) is 20.4 Å². The first-order valence-corrected chi connectivity index (χ1v) is 8.31. The van der Waals surface area contributed by atoms with Crippen LogP contribution in [0, 0.1) is 11.2 Å². The SMILES string of the molecule is CN(C)CC(C)(C)CNC(=O)c1cn(Cc2ccc(F)cc2Cl)nn1. The average molecular weight is 368 g/mol. The molecule has 0 spiro atoms. The third kappa shape index (κ3) is 5.79. The first-order chi connectivity index (χ1) is 11.7. The summed E-state index contributed by atoms with van der Waals surface area (Å²) >= 11 is 6.01. The first-order valence-electron chi connectivity index (χ1n) is 7.93. The molecule has 2 aromatic rings. The lowest BCUT2D eigenvalue weighted by Gasteiger charge is -2.28. The minimum Gasteiger partial charge on any atom is -0.350 e. The zero-order valence-electron chi connectivity index (χ0n) is 14.9. The number of rotatable bonds is 7. The zero-order chi connectivity index (χ0) is 18.6. The van der Waals surface area contributed by atoms with E-state index in [2.05, 4.69) is 34.4 Å². The smallest absolute Gasteiger partial charge is 0.273 e. The van der Waals surface area contributed by atoms with E-state index in [0.29, 0.717) is 23.7 Å². The Morgan fingerprint density at radius 2 is 2.12 bits per heavy atom. The van der Waals surface area contributed by atoms with E-state index in [1.165, 1.54) is 16.8 Å². The average Bonchev–Trinajstić information content (AvgIpc) is 2.95. The highest BCUT2D eigenvalue weighted by molar-refractivity contribution is 6.31. The third-order valence-electron chi connectivity index (χ3n) is 3.59. The second-order valence-corrected chi connectivity index (χ2v) is 7.53. The van der Waals surface area contributed by atoms with E-state index < -0.39 is 5.82 Å². The van der Waals surface area contributed by atoms with Gasteiger partial charge in [0, 0.05) is 18.1 Å². The monoisotopic (exact) mass is 367 g/mol. The quantitative estimate of drug-likeness (QED) is 0.816. The Bertz CT molecular complexity index is 744. The fourth-order valence-corrected chi connectivity index (χ4v) is 2.85. The number of hydrogen-bond acceptors (Lipinski definition) is 4. The van der Waals surface area contributed by atoms with Crippen LogP contribution in [0.1, 0.15) is 29.9 Å². The van der Waals surface area contributed by atoms with Gasteiger partial charge in [0.05, 0.1) is 12.7 Å². The Hall–Kier alpha value is -1.99. The molecule has 0 radical (unpaired) electrons. The minimum absolute atomic E-state index is 0.0587. The van der Waals surface area contributed by atoms with Crippen LogP contribution in [0.3, 0.4) is 0 Å². The lowest BCUT2D eigenvalue weighted by Crippen LogP contribution is -2.40. The Labute approximate surface area is 152 Å². The molecule has 1 aromatic carbocycles. The van der Waals surface area contributed by atoms with E-state index in [9.17, 15) is 9.18 Å². The molecule has 136 valence electrons. The van der Waals surface area contributed by atoms with Crippen molar-refractivity contribution in [3.05, 3.63) is 46.5 Å². The van der Waals surface area contributed by atoms with Gasteiger partial charge in [-0.25, -0.2) is 9.07 Å². The van der Waals surface area contributed by atoms with Gasteiger partial charge >= 0.3 is 0 Å². The fraction of sp³-hybridized carbons (Fsp3) is 0.471. The highest BCUT2D eigenvalue weighted by Gasteiger charge is 2.21. The van der Waals surface area contributed by atoms with E-state index in [1.807, 2.05) is 14.1 Å². The molecule has 0 atom stereocenters. The number of amides is 1. The first kappa shape index (κ1) is 19.3. The summed E-state index contributed by atoms with van der Waals surface area (Å²) in [5, 5.41) is 11.0. The van der Waals surface area contributed by atoms with Gasteiger partial charge in [-0.3, -0.25) is 4.79 Å². The van der Waals surface area contributed by atoms with Crippen LogP contribution < -0.4 is 5.32 Å². The van der Waals surface area contributed by atoms with Crippen molar-refractivity contribution < 1.29 is 9.18 Å². The van der Waals surface area contributed by atoms with Gasteiger partial charge in [-0.2, -0.15) is 0 Å². The van der Waals surface area contributed by atoms with Crippen molar-refractivity contribution in [3.8, 4) is 0 Å². The maximum absolute atomic E-state index is 13.1. The zero-order valence-corrected chi connectivity index (χ0v) is 15.6. The Morgan fingerprint density at radius 3 is 2.76 bits per heavy atom. The van der Waals surface area contributed by atoms with Gasteiger partial charge in [-0.1, -0.05) is 36.7 Å². The van der Waals surface area contributed by atoms with E-state index in [1.54, 1.807) is 12.3 Å². The molecule has 2 rings (SSSR count). The standard InChI is InChI=1S/C17H23ClFN5O/c1-17(2,11-23(3)4)10-20-16(25)15-9-24(22-21-15)8-12-5-6-13(19)7-14(12)18/h5-7,9H,8,10-11H2,1-4H3,(H,20,25). The number of benzene rings is 1. The van der Waals surface area contributed by atoms with Crippen LogP contribution in [-0.4, -0.2) is 53.0 Å². The molecule has 0 saturated carbocycles. The highest BCUT2D eigenvalue weighted by Crippen LogP contribution is 2.18. The van der Waals surface area contributed by atoms with Gasteiger partial charge < -0.3 is 10.2 Å². The molecule has 0 bridgehead atoms. The molecule has 1 N–H and O–H groups in total. The molecule has 1 amide bonds. The molecule has 8 heteroatoms. The molecule has 25 heavy (non-hydrogen) atoms. The predicted octanol–water partition coefficient (Wildman–Crippen LogP) is 2.44. The van der Waals surface area contributed by atoms with Gasteiger partial charge in [-0.05, 0) is 37.2 Å². The number of hydrogen-bond donors (Lipinski definition) is 1. The van der Waals surface area contributed by atoms with Gasteiger partial charge in [0.15, 0.2) is 5.69 Å². The summed E-state index contributed by atoms with van der Waals surface area (Å²) in [5.41, 5.74) is 0.877. The van der Waals surface area contributed by atoms with E-state index in [0.717, 1.165) is 6.54 Å². The van der Waals surface area contributed by atoms with Gasteiger partial charge in [0.2, 0.25) is 0 Å². The third-order valence-corrected chi connectivity index (χ3v) is 3.94. The molecule has 0 fully saturated rings. The second-order valence-electron chi connectivity index (χ2n) is 7.12. The topological polar surface area (TPSA) is 63.1 Å². The van der Waals surface area contributed by atoms with E-state index in [4.69, 9.17) is 11.6 Å². The maximum Gasteiger partial charge on any atom is 0.273 e.